The zero-order chi connectivity index (χ0) is 12.8. The van der Waals surface area contributed by atoms with Gasteiger partial charge in [-0.25, -0.2) is 9.97 Å². The lowest BCUT2D eigenvalue weighted by atomic mass is 10.2. The van der Waals surface area contributed by atoms with Crippen molar-refractivity contribution in [3.8, 4) is 0 Å². The van der Waals surface area contributed by atoms with E-state index < -0.39 is 0 Å². The fourth-order valence-corrected chi connectivity index (χ4v) is 1.75. The molecule has 1 aromatic rings. The monoisotopic (exact) mass is 301 g/mol. The van der Waals surface area contributed by atoms with Gasteiger partial charge in [0.1, 0.15) is 16.2 Å². The summed E-state index contributed by atoms with van der Waals surface area (Å²) < 4.78 is 0.787. The molecule has 0 aliphatic carbocycles. The number of aliphatic hydroxyl groups excluding tert-OH is 1. The molecule has 96 valence electrons. The Bertz CT molecular complexity index is 358. The Kier molecular flexibility index (Phi) is 5.85. The Morgan fingerprint density at radius 1 is 1.41 bits per heavy atom. The third-order valence-electron chi connectivity index (χ3n) is 2.48. The van der Waals surface area contributed by atoms with Gasteiger partial charge in [-0.3, -0.25) is 0 Å². The fraction of sp³-hybridized carbons (Fsp3) is 0.667. The van der Waals surface area contributed by atoms with E-state index in [1.54, 1.807) is 0 Å². The second-order valence-electron chi connectivity index (χ2n) is 4.37. The lowest BCUT2D eigenvalue weighted by Crippen LogP contribution is -2.13. The van der Waals surface area contributed by atoms with E-state index in [1.807, 2.05) is 13.0 Å². The van der Waals surface area contributed by atoms with Crippen molar-refractivity contribution in [1.82, 2.24) is 9.97 Å². The molecule has 0 fully saturated rings. The van der Waals surface area contributed by atoms with Crippen LogP contribution in [0.15, 0.2) is 10.7 Å². The molecule has 1 aromatic heterocycles. The third kappa shape index (κ3) is 5.00. The van der Waals surface area contributed by atoms with Crippen LogP contribution in [0.3, 0.4) is 0 Å². The molecular formula is C12H20BrN3O. The highest BCUT2D eigenvalue weighted by molar-refractivity contribution is 9.10. The highest BCUT2D eigenvalue weighted by atomic mass is 79.9. The summed E-state index contributed by atoms with van der Waals surface area (Å²) in [7, 11) is 0. The van der Waals surface area contributed by atoms with E-state index in [2.05, 4.69) is 45.1 Å². The van der Waals surface area contributed by atoms with Crippen molar-refractivity contribution in [2.24, 2.45) is 0 Å². The normalized spacial score (nSPS) is 12.8. The van der Waals surface area contributed by atoms with Gasteiger partial charge in [-0.1, -0.05) is 20.8 Å². The maximum atomic E-state index is 9.45. The number of halogens is 1. The summed E-state index contributed by atoms with van der Waals surface area (Å²) in [4.78, 5) is 8.73. The second-order valence-corrected chi connectivity index (χ2v) is 5.18. The van der Waals surface area contributed by atoms with Gasteiger partial charge in [0.2, 0.25) is 0 Å². The first kappa shape index (κ1) is 14.4. The molecule has 0 aromatic carbocycles. The molecule has 1 rings (SSSR count). The van der Waals surface area contributed by atoms with Crippen LogP contribution >= 0.6 is 15.9 Å². The van der Waals surface area contributed by atoms with Gasteiger partial charge in [-0.05, 0) is 28.8 Å². The van der Waals surface area contributed by atoms with Crippen LogP contribution in [-0.2, 0) is 0 Å². The Morgan fingerprint density at radius 2 is 2.12 bits per heavy atom. The number of hydrogen-bond donors (Lipinski definition) is 2. The van der Waals surface area contributed by atoms with Gasteiger partial charge in [-0.2, -0.15) is 0 Å². The van der Waals surface area contributed by atoms with Gasteiger partial charge in [0.25, 0.3) is 0 Å². The molecule has 0 amide bonds. The fourth-order valence-electron chi connectivity index (χ4n) is 1.35. The van der Waals surface area contributed by atoms with Gasteiger partial charge < -0.3 is 10.4 Å². The molecule has 0 aliphatic heterocycles. The van der Waals surface area contributed by atoms with E-state index in [9.17, 15) is 5.11 Å². The molecule has 0 aliphatic rings. The number of nitrogens with one attached hydrogen (secondary N) is 1. The molecule has 1 unspecified atom stereocenters. The van der Waals surface area contributed by atoms with Gasteiger partial charge in [0.15, 0.2) is 0 Å². The first-order chi connectivity index (χ1) is 8.02. The van der Waals surface area contributed by atoms with Crippen molar-refractivity contribution >= 4 is 21.7 Å². The van der Waals surface area contributed by atoms with Crippen LogP contribution in [0.4, 0.5) is 5.82 Å². The summed E-state index contributed by atoms with van der Waals surface area (Å²) >= 11 is 3.38. The van der Waals surface area contributed by atoms with Crippen molar-refractivity contribution < 1.29 is 5.11 Å². The van der Waals surface area contributed by atoms with Crippen molar-refractivity contribution in [3.05, 3.63) is 16.5 Å². The van der Waals surface area contributed by atoms with Gasteiger partial charge >= 0.3 is 0 Å². The predicted octanol–water partition coefficient (Wildman–Crippen LogP) is 2.94. The SMILES string of the molecule is CCC(O)CCNc1cc(Br)nc(C(C)C)n1. The summed E-state index contributed by atoms with van der Waals surface area (Å²) in [5, 5.41) is 12.7. The highest BCUT2D eigenvalue weighted by Crippen LogP contribution is 2.17. The van der Waals surface area contributed by atoms with Crippen LogP contribution < -0.4 is 5.32 Å². The molecule has 0 saturated carbocycles. The first-order valence-corrected chi connectivity index (χ1v) is 6.78. The molecule has 1 atom stereocenters. The quantitative estimate of drug-likeness (QED) is 0.793. The van der Waals surface area contributed by atoms with Crippen molar-refractivity contribution in [3.63, 3.8) is 0 Å². The molecule has 0 spiro atoms. The van der Waals surface area contributed by atoms with E-state index in [0.717, 1.165) is 35.6 Å². The third-order valence-corrected chi connectivity index (χ3v) is 2.89. The minimum Gasteiger partial charge on any atom is -0.393 e. The van der Waals surface area contributed by atoms with E-state index in [4.69, 9.17) is 0 Å². The van der Waals surface area contributed by atoms with Gasteiger partial charge in [0, 0.05) is 18.5 Å². The van der Waals surface area contributed by atoms with Crippen molar-refractivity contribution in [2.75, 3.05) is 11.9 Å². The molecule has 2 N–H and O–H groups in total. The van der Waals surface area contributed by atoms with Crippen LogP contribution in [0.1, 0.15) is 45.4 Å². The summed E-state index contributed by atoms with van der Waals surface area (Å²) in [5.41, 5.74) is 0. The Labute approximate surface area is 111 Å². The minimum atomic E-state index is -0.239. The lowest BCUT2D eigenvalue weighted by Gasteiger charge is -2.11. The van der Waals surface area contributed by atoms with E-state index in [0.29, 0.717) is 5.92 Å². The number of rotatable bonds is 6. The molecule has 1 heterocycles. The van der Waals surface area contributed by atoms with E-state index in [1.165, 1.54) is 0 Å². The first-order valence-electron chi connectivity index (χ1n) is 5.99. The minimum absolute atomic E-state index is 0.239. The Morgan fingerprint density at radius 3 is 2.71 bits per heavy atom. The number of aromatic nitrogens is 2. The van der Waals surface area contributed by atoms with E-state index in [-0.39, 0.29) is 6.10 Å². The summed E-state index contributed by atoms with van der Waals surface area (Å²) in [6, 6.07) is 1.85. The lowest BCUT2D eigenvalue weighted by molar-refractivity contribution is 0.164. The molecule has 4 nitrogen and oxygen atoms in total. The van der Waals surface area contributed by atoms with Crippen LogP contribution in [-0.4, -0.2) is 27.7 Å². The van der Waals surface area contributed by atoms with Crippen LogP contribution in [0.5, 0.6) is 0 Å². The summed E-state index contributed by atoms with van der Waals surface area (Å²) in [6.45, 7) is 6.82. The predicted molar refractivity (Wildman–Crippen MR) is 73.2 cm³/mol. The number of anilines is 1. The van der Waals surface area contributed by atoms with Crippen molar-refractivity contribution in [1.29, 1.82) is 0 Å². The van der Waals surface area contributed by atoms with Crippen molar-refractivity contribution in [2.45, 2.75) is 45.6 Å². The average Bonchev–Trinajstić information content (AvgIpc) is 2.28. The van der Waals surface area contributed by atoms with E-state index >= 15 is 0 Å². The number of nitrogens with zero attached hydrogens (tertiary/aromatic N) is 2. The Hall–Kier alpha value is -0.680. The maximum absolute atomic E-state index is 9.45. The van der Waals surface area contributed by atoms with Gasteiger partial charge in [-0.15, -0.1) is 0 Å². The van der Waals surface area contributed by atoms with Crippen LogP contribution in [0, 0.1) is 0 Å². The largest absolute Gasteiger partial charge is 0.393 e. The molecule has 0 saturated heterocycles. The molecule has 0 bridgehead atoms. The second kappa shape index (κ2) is 6.91. The molecule has 0 radical (unpaired) electrons. The maximum Gasteiger partial charge on any atom is 0.134 e. The smallest absolute Gasteiger partial charge is 0.134 e. The van der Waals surface area contributed by atoms with Crippen LogP contribution in [0.25, 0.3) is 0 Å². The molecule has 17 heavy (non-hydrogen) atoms. The zero-order valence-electron chi connectivity index (χ0n) is 10.6. The molecular weight excluding hydrogens is 282 g/mol. The summed E-state index contributed by atoms with van der Waals surface area (Å²) in [5.74, 6) is 1.92. The topological polar surface area (TPSA) is 58.0 Å². The van der Waals surface area contributed by atoms with Crippen LogP contribution in [0.2, 0.25) is 0 Å². The Balaban J connectivity index is 2.59. The summed E-state index contributed by atoms with van der Waals surface area (Å²) in [6.07, 6.45) is 1.28. The number of aliphatic hydroxyl groups is 1. The van der Waals surface area contributed by atoms with Gasteiger partial charge in [0.05, 0.1) is 6.10 Å². The average molecular weight is 302 g/mol. The highest BCUT2D eigenvalue weighted by Gasteiger charge is 2.07. The molecule has 5 heteroatoms. The number of hydrogen-bond acceptors (Lipinski definition) is 4. The standard InChI is InChI=1S/C12H20BrN3O/c1-4-9(17)5-6-14-11-7-10(13)15-12(16-11)8(2)3/h7-9,17H,4-6H2,1-3H3,(H,14,15,16). The zero-order valence-corrected chi connectivity index (χ0v) is 12.2.